The number of aromatic nitrogens is 1. The number of hydrogen-bond donors (Lipinski definition) is 1. The minimum atomic E-state index is -3.48. The summed E-state index contributed by atoms with van der Waals surface area (Å²) in [5.74, 6) is 1.29. The summed E-state index contributed by atoms with van der Waals surface area (Å²) in [5, 5.41) is 2.93. The van der Waals surface area contributed by atoms with Gasteiger partial charge in [-0.15, -0.1) is 0 Å². The number of hydrogen-bond acceptors (Lipinski definition) is 7. The monoisotopic (exact) mass is 526 g/mol. The van der Waals surface area contributed by atoms with E-state index >= 15 is 0 Å². The Morgan fingerprint density at radius 1 is 1.08 bits per heavy atom. The standard InChI is InChI=1S/C28H38N4O4S/c1-27(2,3)19-37(34,35)22-7-5-6-20(16-22)29-26(33)23-8-9-24(32-17-21(18-32)36-4)30-25(23)31-14-12-28(10-11-28)13-15-31/h5-9,16,21H,10-15,17-19H2,1-4H3,(H,29,33). The number of carbonyl (C=O) groups is 1. The number of sulfone groups is 1. The van der Waals surface area contributed by atoms with Gasteiger partial charge in [-0.1, -0.05) is 26.8 Å². The fourth-order valence-electron chi connectivity index (χ4n) is 5.30. The van der Waals surface area contributed by atoms with E-state index < -0.39 is 9.84 Å². The molecule has 0 bridgehead atoms. The van der Waals surface area contributed by atoms with Crippen LogP contribution in [0.5, 0.6) is 0 Å². The molecule has 3 fully saturated rings. The SMILES string of the molecule is COC1CN(c2ccc(C(=O)Nc3cccc(S(=O)(=O)CC(C)(C)C)c3)c(N3CCC4(CC3)CC4)n2)C1. The molecule has 0 radical (unpaired) electrons. The quantitative estimate of drug-likeness (QED) is 0.573. The first-order chi connectivity index (χ1) is 17.5. The Labute approximate surface area is 220 Å². The lowest BCUT2D eigenvalue weighted by Crippen LogP contribution is -2.52. The summed E-state index contributed by atoms with van der Waals surface area (Å²) in [5.41, 5.74) is 1.10. The molecule has 37 heavy (non-hydrogen) atoms. The van der Waals surface area contributed by atoms with Crippen molar-refractivity contribution in [1.82, 2.24) is 4.98 Å². The highest BCUT2D eigenvalue weighted by atomic mass is 32.2. The van der Waals surface area contributed by atoms with Gasteiger partial charge in [-0.05, 0) is 66.8 Å². The average Bonchev–Trinajstić information content (AvgIpc) is 3.56. The number of carbonyl (C=O) groups excluding carboxylic acids is 1. The van der Waals surface area contributed by atoms with Crippen LogP contribution < -0.4 is 15.1 Å². The van der Waals surface area contributed by atoms with Gasteiger partial charge in [-0.3, -0.25) is 4.79 Å². The third-order valence-corrected chi connectivity index (χ3v) is 9.98. The minimum Gasteiger partial charge on any atom is -0.378 e. The maximum Gasteiger partial charge on any atom is 0.259 e. The molecule has 2 aliphatic heterocycles. The molecule has 1 spiro atoms. The molecule has 3 heterocycles. The summed E-state index contributed by atoms with van der Waals surface area (Å²) in [6.07, 6.45) is 5.08. The Kier molecular flexibility index (Phi) is 6.73. The number of rotatable bonds is 7. The molecule has 200 valence electrons. The van der Waals surface area contributed by atoms with Crippen LogP contribution in [0.3, 0.4) is 0 Å². The third kappa shape index (κ3) is 5.77. The third-order valence-electron chi connectivity index (χ3n) is 7.77. The van der Waals surface area contributed by atoms with Crippen molar-refractivity contribution in [1.29, 1.82) is 0 Å². The van der Waals surface area contributed by atoms with E-state index in [0.29, 0.717) is 22.5 Å². The fraction of sp³-hybridized carbons (Fsp3) is 0.571. The van der Waals surface area contributed by atoms with Crippen molar-refractivity contribution in [2.45, 2.75) is 57.5 Å². The number of nitrogens with zero attached hydrogens (tertiary/aromatic N) is 3. The molecule has 1 amide bonds. The van der Waals surface area contributed by atoms with Gasteiger partial charge in [0.25, 0.3) is 5.91 Å². The summed E-state index contributed by atoms with van der Waals surface area (Å²) in [7, 11) is -1.76. The molecule has 2 saturated heterocycles. The average molecular weight is 527 g/mol. The molecule has 1 aromatic heterocycles. The molecule has 1 aromatic carbocycles. The summed E-state index contributed by atoms with van der Waals surface area (Å²) in [4.78, 5) is 23.1. The smallest absolute Gasteiger partial charge is 0.259 e. The highest BCUT2D eigenvalue weighted by Crippen LogP contribution is 2.54. The summed E-state index contributed by atoms with van der Waals surface area (Å²) in [6.45, 7) is 9.04. The van der Waals surface area contributed by atoms with Crippen LogP contribution in [0.4, 0.5) is 17.3 Å². The molecule has 2 aromatic rings. The van der Waals surface area contributed by atoms with E-state index in [-0.39, 0.29) is 28.1 Å². The first-order valence-electron chi connectivity index (χ1n) is 13.1. The van der Waals surface area contributed by atoms with Gasteiger partial charge in [0.15, 0.2) is 9.84 Å². The topological polar surface area (TPSA) is 91.8 Å². The van der Waals surface area contributed by atoms with Gasteiger partial charge in [-0.2, -0.15) is 0 Å². The highest BCUT2D eigenvalue weighted by molar-refractivity contribution is 7.91. The van der Waals surface area contributed by atoms with Crippen molar-refractivity contribution >= 4 is 33.1 Å². The second-order valence-electron chi connectivity index (χ2n) is 12.1. The van der Waals surface area contributed by atoms with Crippen molar-refractivity contribution < 1.29 is 17.9 Å². The predicted octanol–water partition coefficient (Wildman–Crippen LogP) is 4.37. The van der Waals surface area contributed by atoms with Crippen molar-refractivity contribution in [3.05, 3.63) is 42.0 Å². The maximum atomic E-state index is 13.5. The Morgan fingerprint density at radius 2 is 1.78 bits per heavy atom. The van der Waals surface area contributed by atoms with Crippen molar-refractivity contribution in [3.63, 3.8) is 0 Å². The van der Waals surface area contributed by atoms with Crippen LogP contribution in [0.15, 0.2) is 41.3 Å². The molecule has 0 atom stereocenters. The zero-order chi connectivity index (χ0) is 26.4. The number of nitrogens with one attached hydrogen (secondary N) is 1. The lowest BCUT2D eigenvalue weighted by Gasteiger charge is -2.40. The van der Waals surface area contributed by atoms with E-state index in [1.54, 1.807) is 31.4 Å². The molecule has 3 aliphatic rings. The van der Waals surface area contributed by atoms with Crippen LogP contribution in [-0.2, 0) is 14.6 Å². The second kappa shape index (κ2) is 9.58. The number of ether oxygens (including phenoxy) is 1. The Morgan fingerprint density at radius 3 is 2.41 bits per heavy atom. The van der Waals surface area contributed by atoms with Gasteiger partial charge in [-0.25, -0.2) is 13.4 Å². The maximum absolute atomic E-state index is 13.5. The zero-order valence-corrected chi connectivity index (χ0v) is 23.1. The lowest BCUT2D eigenvalue weighted by molar-refractivity contribution is 0.0783. The first kappa shape index (κ1) is 26.0. The van der Waals surface area contributed by atoms with Crippen LogP contribution in [0.25, 0.3) is 0 Å². The van der Waals surface area contributed by atoms with Crippen LogP contribution in [0.1, 0.15) is 56.8 Å². The number of amides is 1. The number of anilines is 3. The van der Waals surface area contributed by atoms with Gasteiger partial charge in [0.1, 0.15) is 11.6 Å². The van der Waals surface area contributed by atoms with Gasteiger partial charge in [0, 0.05) is 39.0 Å². The van der Waals surface area contributed by atoms with Crippen LogP contribution >= 0.6 is 0 Å². The van der Waals surface area contributed by atoms with Crippen LogP contribution in [-0.4, -0.2) is 64.5 Å². The Bertz CT molecular complexity index is 1270. The van der Waals surface area contributed by atoms with E-state index in [4.69, 9.17) is 9.72 Å². The van der Waals surface area contributed by atoms with E-state index in [0.717, 1.165) is 44.8 Å². The fourth-order valence-corrected chi connectivity index (χ4v) is 7.20. The van der Waals surface area contributed by atoms with E-state index in [2.05, 4.69) is 15.1 Å². The first-order valence-corrected chi connectivity index (χ1v) is 14.8. The van der Waals surface area contributed by atoms with Crippen molar-refractivity contribution in [2.75, 3.05) is 54.2 Å². The van der Waals surface area contributed by atoms with Crippen LogP contribution in [0.2, 0.25) is 0 Å². The van der Waals surface area contributed by atoms with Crippen molar-refractivity contribution in [3.8, 4) is 0 Å². The second-order valence-corrected chi connectivity index (χ2v) is 14.1. The molecule has 8 nitrogen and oxygen atoms in total. The largest absolute Gasteiger partial charge is 0.378 e. The normalized spacial score (nSPS) is 19.6. The molecule has 1 aliphatic carbocycles. The molecule has 9 heteroatoms. The Balaban J connectivity index is 1.38. The number of benzene rings is 1. The summed E-state index contributed by atoms with van der Waals surface area (Å²) < 4.78 is 31.2. The molecule has 0 unspecified atom stereocenters. The molecule has 5 rings (SSSR count). The van der Waals surface area contributed by atoms with Gasteiger partial charge in [0.2, 0.25) is 0 Å². The van der Waals surface area contributed by atoms with Gasteiger partial charge in [0.05, 0.1) is 22.3 Å². The zero-order valence-electron chi connectivity index (χ0n) is 22.3. The van der Waals surface area contributed by atoms with Gasteiger partial charge >= 0.3 is 0 Å². The molecule has 1 N–H and O–H groups in total. The number of piperidine rings is 1. The van der Waals surface area contributed by atoms with E-state index in [1.165, 1.54) is 12.8 Å². The predicted molar refractivity (Wildman–Crippen MR) is 146 cm³/mol. The Hall–Kier alpha value is -2.65. The van der Waals surface area contributed by atoms with Gasteiger partial charge < -0.3 is 19.9 Å². The van der Waals surface area contributed by atoms with E-state index in [1.807, 2.05) is 32.9 Å². The molecule has 1 saturated carbocycles. The minimum absolute atomic E-state index is 0.0316. The van der Waals surface area contributed by atoms with Crippen molar-refractivity contribution in [2.24, 2.45) is 10.8 Å². The number of methoxy groups -OCH3 is 1. The molecular weight excluding hydrogens is 488 g/mol. The highest BCUT2D eigenvalue weighted by Gasteiger charge is 2.45. The summed E-state index contributed by atoms with van der Waals surface area (Å²) >= 11 is 0. The van der Waals surface area contributed by atoms with E-state index in [9.17, 15) is 13.2 Å². The number of pyridine rings is 1. The summed E-state index contributed by atoms with van der Waals surface area (Å²) in [6, 6.07) is 10.3. The molecular formula is C28H38N4O4S. The lowest BCUT2D eigenvalue weighted by atomic mass is 9.93. The van der Waals surface area contributed by atoms with Crippen LogP contribution in [0, 0.1) is 10.8 Å².